The van der Waals surface area contributed by atoms with Gasteiger partial charge >= 0.3 is 0 Å². The SMILES string of the molecule is CC(C)(C)NCCC=CCc1ccc(O)cc1. The van der Waals surface area contributed by atoms with Crippen LogP contribution in [0.25, 0.3) is 0 Å². The molecule has 0 aromatic heterocycles. The fraction of sp³-hybridized carbons (Fsp3) is 0.467. The molecule has 1 aromatic carbocycles. The van der Waals surface area contributed by atoms with Crippen molar-refractivity contribution in [1.82, 2.24) is 5.32 Å². The van der Waals surface area contributed by atoms with E-state index in [9.17, 15) is 0 Å². The Morgan fingerprint density at radius 1 is 1.12 bits per heavy atom. The van der Waals surface area contributed by atoms with E-state index in [1.54, 1.807) is 12.1 Å². The first kappa shape index (κ1) is 13.8. The lowest BCUT2D eigenvalue weighted by Crippen LogP contribution is -2.36. The van der Waals surface area contributed by atoms with Crippen LogP contribution in [-0.4, -0.2) is 17.2 Å². The molecule has 1 rings (SSSR count). The van der Waals surface area contributed by atoms with Crippen LogP contribution in [0.4, 0.5) is 0 Å². The summed E-state index contributed by atoms with van der Waals surface area (Å²) in [4.78, 5) is 0. The number of benzene rings is 1. The summed E-state index contributed by atoms with van der Waals surface area (Å²) >= 11 is 0. The highest BCUT2D eigenvalue weighted by Gasteiger charge is 2.05. The molecule has 0 atom stereocenters. The molecule has 0 heterocycles. The van der Waals surface area contributed by atoms with Gasteiger partial charge in [-0.3, -0.25) is 0 Å². The van der Waals surface area contributed by atoms with Gasteiger partial charge in [0, 0.05) is 5.54 Å². The van der Waals surface area contributed by atoms with E-state index in [1.165, 1.54) is 5.56 Å². The van der Waals surface area contributed by atoms with Crippen LogP contribution in [0.3, 0.4) is 0 Å². The Hall–Kier alpha value is -1.28. The van der Waals surface area contributed by atoms with Gasteiger partial charge in [-0.1, -0.05) is 24.3 Å². The number of phenols is 1. The average Bonchev–Trinajstić information content (AvgIpc) is 2.24. The molecule has 2 N–H and O–H groups in total. The zero-order chi connectivity index (χ0) is 12.7. The third kappa shape index (κ3) is 6.80. The van der Waals surface area contributed by atoms with Crippen LogP contribution >= 0.6 is 0 Å². The Balaban J connectivity index is 2.20. The molecule has 2 heteroatoms. The fourth-order valence-electron chi connectivity index (χ4n) is 1.50. The second kappa shape index (κ2) is 6.45. The highest BCUT2D eigenvalue weighted by Crippen LogP contribution is 2.10. The number of hydrogen-bond acceptors (Lipinski definition) is 2. The van der Waals surface area contributed by atoms with Crippen LogP contribution in [-0.2, 0) is 6.42 Å². The number of allylic oxidation sites excluding steroid dienone is 1. The molecular weight excluding hydrogens is 210 g/mol. The van der Waals surface area contributed by atoms with Gasteiger partial charge in [0.2, 0.25) is 0 Å². The van der Waals surface area contributed by atoms with Gasteiger partial charge in [-0.2, -0.15) is 0 Å². The lowest BCUT2D eigenvalue weighted by molar-refractivity contribution is 0.431. The van der Waals surface area contributed by atoms with E-state index in [0.717, 1.165) is 19.4 Å². The highest BCUT2D eigenvalue weighted by molar-refractivity contribution is 5.27. The third-order valence-electron chi connectivity index (χ3n) is 2.42. The summed E-state index contributed by atoms with van der Waals surface area (Å²) in [5, 5.41) is 12.6. The first-order valence-corrected chi connectivity index (χ1v) is 6.15. The monoisotopic (exact) mass is 233 g/mol. The Labute approximate surface area is 104 Å². The van der Waals surface area contributed by atoms with E-state index in [1.807, 2.05) is 12.1 Å². The summed E-state index contributed by atoms with van der Waals surface area (Å²) in [5.41, 5.74) is 1.42. The van der Waals surface area contributed by atoms with Gasteiger partial charge in [0.15, 0.2) is 0 Å². The summed E-state index contributed by atoms with van der Waals surface area (Å²) < 4.78 is 0. The molecule has 0 aliphatic carbocycles. The van der Waals surface area contributed by atoms with Crippen molar-refractivity contribution in [2.45, 2.75) is 39.2 Å². The second-order valence-electron chi connectivity index (χ2n) is 5.31. The molecule has 0 aliphatic rings. The number of phenolic OH excluding ortho intramolecular Hbond substituents is 1. The van der Waals surface area contributed by atoms with Gasteiger partial charge in [0.05, 0.1) is 0 Å². The lowest BCUT2D eigenvalue weighted by atomic mass is 10.1. The molecule has 1 aromatic rings. The molecule has 0 bridgehead atoms. The summed E-state index contributed by atoms with van der Waals surface area (Å²) in [6, 6.07) is 7.36. The van der Waals surface area contributed by atoms with Crippen LogP contribution in [0.1, 0.15) is 32.8 Å². The molecular formula is C15H23NO. The molecule has 0 unspecified atom stereocenters. The standard InChI is InChI=1S/C15H23NO/c1-15(2,3)16-12-6-4-5-7-13-8-10-14(17)11-9-13/h4-5,8-11,16-17H,6-7,12H2,1-3H3. The van der Waals surface area contributed by atoms with E-state index in [4.69, 9.17) is 5.11 Å². The van der Waals surface area contributed by atoms with E-state index in [0.29, 0.717) is 5.75 Å². The third-order valence-corrected chi connectivity index (χ3v) is 2.42. The quantitative estimate of drug-likeness (QED) is 0.604. The minimum absolute atomic E-state index is 0.199. The minimum atomic E-state index is 0.199. The van der Waals surface area contributed by atoms with Gasteiger partial charge < -0.3 is 10.4 Å². The van der Waals surface area contributed by atoms with Crippen molar-refractivity contribution in [1.29, 1.82) is 0 Å². The van der Waals surface area contributed by atoms with Crippen molar-refractivity contribution >= 4 is 0 Å². The second-order valence-corrected chi connectivity index (χ2v) is 5.31. The van der Waals surface area contributed by atoms with E-state index < -0.39 is 0 Å². The zero-order valence-electron chi connectivity index (χ0n) is 11.0. The van der Waals surface area contributed by atoms with E-state index in [-0.39, 0.29) is 5.54 Å². The van der Waals surface area contributed by atoms with Gasteiger partial charge in [0.1, 0.15) is 5.75 Å². The fourth-order valence-corrected chi connectivity index (χ4v) is 1.50. The number of nitrogens with one attached hydrogen (secondary N) is 1. The lowest BCUT2D eigenvalue weighted by Gasteiger charge is -2.19. The first-order chi connectivity index (χ1) is 7.97. The normalized spacial score (nSPS) is 12.2. The maximum Gasteiger partial charge on any atom is 0.115 e. The zero-order valence-corrected chi connectivity index (χ0v) is 11.0. The molecule has 17 heavy (non-hydrogen) atoms. The maximum atomic E-state index is 9.15. The van der Waals surface area contributed by atoms with Crippen molar-refractivity contribution in [3.05, 3.63) is 42.0 Å². The smallest absolute Gasteiger partial charge is 0.115 e. The summed E-state index contributed by atoms with van der Waals surface area (Å²) in [6.45, 7) is 7.53. The molecule has 0 saturated carbocycles. The van der Waals surface area contributed by atoms with Crippen molar-refractivity contribution in [2.75, 3.05) is 6.54 Å². The number of aromatic hydroxyl groups is 1. The Morgan fingerprint density at radius 3 is 2.35 bits per heavy atom. The molecule has 2 nitrogen and oxygen atoms in total. The molecule has 0 spiro atoms. The maximum absolute atomic E-state index is 9.15. The summed E-state index contributed by atoms with van der Waals surface area (Å²) in [5.74, 6) is 0.326. The van der Waals surface area contributed by atoms with E-state index >= 15 is 0 Å². The summed E-state index contributed by atoms with van der Waals surface area (Å²) in [7, 11) is 0. The minimum Gasteiger partial charge on any atom is -0.508 e. The van der Waals surface area contributed by atoms with Crippen LogP contribution in [0.5, 0.6) is 5.75 Å². The van der Waals surface area contributed by atoms with Crippen LogP contribution < -0.4 is 5.32 Å². The van der Waals surface area contributed by atoms with Crippen LogP contribution in [0.2, 0.25) is 0 Å². The van der Waals surface area contributed by atoms with Crippen molar-refractivity contribution in [3.8, 4) is 5.75 Å². The van der Waals surface area contributed by atoms with Crippen molar-refractivity contribution < 1.29 is 5.11 Å². The molecule has 94 valence electrons. The van der Waals surface area contributed by atoms with Crippen LogP contribution in [0.15, 0.2) is 36.4 Å². The van der Waals surface area contributed by atoms with Gasteiger partial charge in [-0.25, -0.2) is 0 Å². The Bertz CT molecular complexity index is 346. The Kier molecular flexibility index (Phi) is 5.23. The average molecular weight is 233 g/mol. The molecule has 0 amide bonds. The number of hydrogen-bond donors (Lipinski definition) is 2. The summed E-state index contributed by atoms with van der Waals surface area (Å²) in [6.07, 6.45) is 6.35. The molecule has 0 radical (unpaired) electrons. The van der Waals surface area contributed by atoms with E-state index in [2.05, 4.69) is 38.2 Å². The topological polar surface area (TPSA) is 32.3 Å². The number of rotatable bonds is 5. The van der Waals surface area contributed by atoms with Gasteiger partial charge in [-0.05, 0) is 57.9 Å². The largest absolute Gasteiger partial charge is 0.508 e. The molecule has 0 fully saturated rings. The van der Waals surface area contributed by atoms with Gasteiger partial charge in [0.25, 0.3) is 0 Å². The highest BCUT2D eigenvalue weighted by atomic mass is 16.3. The van der Waals surface area contributed by atoms with Crippen LogP contribution in [0, 0.1) is 0 Å². The predicted octanol–water partition coefficient (Wildman–Crippen LogP) is 3.27. The molecule has 0 aliphatic heterocycles. The molecule has 0 saturated heterocycles. The van der Waals surface area contributed by atoms with Crippen molar-refractivity contribution in [3.63, 3.8) is 0 Å². The first-order valence-electron chi connectivity index (χ1n) is 6.15. The van der Waals surface area contributed by atoms with Gasteiger partial charge in [-0.15, -0.1) is 0 Å². The predicted molar refractivity (Wildman–Crippen MR) is 73.3 cm³/mol. The van der Waals surface area contributed by atoms with Crippen molar-refractivity contribution in [2.24, 2.45) is 0 Å². The Morgan fingerprint density at radius 2 is 1.76 bits per heavy atom.